The Morgan fingerprint density at radius 1 is 1.10 bits per heavy atom. The van der Waals surface area contributed by atoms with Crippen LogP contribution in [0.5, 0.6) is 5.75 Å². The lowest BCUT2D eigenvalue weighted by molar-refractivity contribution is -0.127. The number of ether oxygens (including phenoxy) is 1. The molecule has 0 bridgehead atoms. The van der Waals surface area contributed by atoms with Crippen LogP contribution in [-0.2, 0) is 25.0 Å². The number of amides is 1. The quantitative estimate of drug-likeness (QED) is 0.636. The number of nitrogens with zero attached hydrogens (tertiary/aromatic N) is 3. The summed E-state index contributed by atoms with van der Waals surface area (Å²) in [6.45, 7) is 2.50. The molecular weight excluding hydrogens is 420 g/mol. The maximum Gasteiger partial charge on any atom is 0.304 e. The Morgan fingerprint density at radius 3 is 2.34 bits per heavy atom. The molecule has 1 amide bonds. The van der Waals surface area contributed by atoms with Gasteiger partial charge in [-0.25, -0.2) is 12.7 Å². The molecule has 1 fully saturated rings. The first-order valence-electron chi connectivity index (χ1n) is 9.41. The Kier molecular flexibility index (Phi) is 6.36. The van der Waals surface area contributed by atoms with Crippen molar-refractivity contribution < 1.29 is 26.4 Å². The predicted octanol–water partition coefficient (Wildman–Crippen LogP) is -0.398. The molecule has 1 N–H and O–H groups in total. The molecule has 2 aliphatic rings. The van der Waals surface area contributed by atoms with E-state index in [9.17, 15) is 21.6 Å². The molecule has 0 spiro atoms. The first-order chi connectivity index (χ1) is 13.6. The lowest BCUT2D eigenvalue weighted by Crippen LogP contribution is -2.57. The van der Waals surface area contributed by atoms with Gasteiger partial charge in [-0.3, -0.25) is 4.79 Å². The molecular formula is C17H26N4O6S2. The molecule has 2 heterocycles. The van der Waals surface area contributed by atoms with E-state index >= 15 is 0 Å². The standard InChI is InChI=1S/C17H26N4O6S2/c1-3-8-18-17(22)16-13-21(14-6-4-5-7-15(14)27-16)29(25,26)20-11-9-19(10-12-20)28(2,23)24/h4-7,16H,3,8-13H2,1-2H3,(H,18,22)/t16-/m0/s1. The van der Waals surface area contributed by atoms with Crippen molar-refractivity contribution >= 4 is 31.8 Å². The summed E-state index contributed by atoms with van der Waals surface area (Å²) in [5, 5.41) is 2.73. The summed E-state index contributed by atoms with van der Waals surface area (Å²) in [5.41, 5.74) is 0.359. The Morgan fingerprint density at radius 2 is 1.72 bits per heavy atom. The summed E-state index contributed by atoms with van der Waals surface area (Å²) in [5.74, 6) is -0.0582. The smallest absolute Gasteiger partial charge is 0.304 e. The number of rotatable bonds is 6. The largest absolute Gasteiger partial charge is 0.476 e. The van der Waals surface area contributed by atoms with Crippen LogP contribution >= 0.6 is 0 Å². The number of hydrogen-bond donors (Lipinski definition) is 1. The van der Waals surface area contributed by atoms with Crippen LogP contribution in [0.25, 0.3) is 0 Å². The minimum absolute atomic E-state index is 0.0433. The number of carbonyl (C=O) groups is 1. The van der Waals surface area contributed by atoms with E-state index in [-0.39, 0.29) is 38.6 Å². The lowest BCUT2D eigenvalue weighted by Gasteiger charge is -2.39. The van der Waals surface area contributed by atoms with E-state index in [0.717, 1.165) is 12.7 Å². The van der Waals surface area contributed by atoms with Crippen LogP contribution < -0.4 is 14.4 Å². The Balaban J connectivity index is 1.84. The van der Waals surface area contributed by atoms with Gasteiger partial charge in [-0.05, 0) is 18.6 Å². The summed E-state index contributed by atoms with van der Waals surface area (Å²) in [4.78, 5) is 12.4. The zero-order valence-corrected chi connectivity index (χ0v) is 18.1. The Bertz CT molecular complexity index is 958. The molecule has 0 saturated carbocycles. The van der Waals surface area contributed by atoms with Crippen LogP contribution in [0, 0.1) is 0 Å². The van der Waals surface area contributed by atoms with Gasteiger partial charge in [0.15, 0.2) is 6.10 Å². The number of fused-ring (bicyclic) bond motifs is 1. The van der Waals surface area contributed by atoms with Crippen LogP contribution in [0.1, 0.15) is 13.3 Å². The number of hydrogen-bond acceptors (Lipinski definition) is 6. The van der Waals surface area contributed by atoms with Gasteiger partial charge in [-0.2, -0.15) is 17.0 Å². The fourth-order valence-corrected chi connectivity index (χ4v) is 5.74. The van der Waals surface area contributed by atoms with Gasteiger partial charge < -0.3 is 10.1 Å². The molecule has 3 rings (SSSR count). The van der Waals surface area contributed by atoms with Crippen molar-refractivity contribution in [2.45, 2.75) is 19.4 Å². The van der Waals surface area contributed by atoms with Crippen LogP contribution in [0.2, 0.25) is 0 Å². The predicted molar refractivity (Wildman–Crippen MR) is 108 cm³/mol. The molecule has 162 valence electrons. The minimum Gasteiger partial charge on any atom is -0.476 e. The van der Waals surface area contributed by atoms with Gasteiger partial charge in [0.05, 0.1) is 18.5 Å². The molecule has 1 saturated heterocycles. The number of piperazine rings is 1. The molecule has 0 radical (unpaired) electrons. The molecule has 29 heavy (non-hydrogen) atoms. The van der Waals surface area contributed by atoms with Crippen LogP contribution in [0.3, 0.4) is 0 Å². The highest BCUT2D eigenvalue weighted by Gasteiger charge is 2.40. The Hall–Kier alpha value is -1.89. The Labute approximate surface area is 171 Å². The monoisotopic (exact) mass is 446 g/mol. The zero-order valence-electron chi connectivity index (χ0n) is 16.4. The minimum atomic E-state index is -3.97. The van der Waals surface area contributed by atoms with Gasteiger partial charge in [0.2, 0.25) is 10.0 Å². The first-order valence-corrected chi connectivity index (χ1v) is 12.7. The van der Waals surface area contributed by atoms with Crippen molar-refractivity contribution in [1.29, 1.82) is 0 Å². The van der Waals surface area contributed by atoms with Gasteiger partial charge in [-0.15, -0.1) is 0 Å². The third-order valence-electron chi connectivity index (χ3n) is 4.85. The van der Waals surface area contributed by atoms with Crippen LogP contribution in [0.15, 0.2) is 24.3 Å². The molecule has 12 heteroatoms. The molecule has 1 atom stereocenters. The van der Waals surface area contributed by atoms with Crippen molar-refractivity contribution in [3.05, 3.63) is 24.3 Å². The van der Waals surface area contributed by atoms with Crippen molar-refractivity contribution in [2.24, 2.45) is 0 Å². The highest BCUT2D eigenvalue weighted by Crippen LogP contribution is 2.36. The average Bonchev–Trinajstić information content (AvgIpc) is 2.70. The van der Waals surface area contributed by atoms with E-state index in [0.29, 0.717) is 18.0 Å². The number of sulfonamides is 1. The number of nitrogens with one attached hydrogen (secondary N) is 1. The molecule has 1 aromatic carbocycles. The number of benzene rings is 1. The lowest BCUT2D eigenvalue weighted by atomic mass is 10.2. The molecule has 10 nitrogen and oxygen atoms in total. The zero-order chi connectivity index (χ0) is 21.2. The SMILES string of the molecule is CCCNC(=O)[C@@H]1CN(S(=O)(=O)N2CCN(S(C)(=O)=O)CC2)c2ccccc2O1. The number of anilines is 1. The molecule has 0 aromatic heterocycles. The van der Waals surface area contributed by atoms with E-state index in [4.69, 9.17) is 4.74 Å². The van der Waals surface area contributed by atoms with Gasteiger partial charge in [-0.1, -0.05) is 19.1 Å². The third kappa shape index (κ3) is 4.65. The second-order valence-corrected chi connectivity index (χ2v) is 10.8. The van der Waals surface area contributed by atoms with E-state index in [1.807, 2.05) is 6.92 Å². The normalized spacial score (nSPS) is 21.3. The van der Waals surface area contributed by atoms with Crippen molar-refractivity contribution in [1.82, 2.24) is 13.9 Å². The van der Waals surface area contributed by atoms with Crippen molar-refractivity contribution in [3.8, 4) is 5.75 Å². The maximum absolute atomic E-state index is 13.3. The third-order valence-corrected chi connectivity index (χ3v) is 8.07. The molecule has 0 unspecified atom stereocenters. The van der Waals surface area contributed by atoms with Gasteiger partial charge in [0, 0.05) is 32.7 Å². The van der Waals surface area contributed by atoms with Gasteiger partial charge in [0.25, 0.3) is 5.91 Å². The molecule has 1 aromatic rings. The second-order valence-electron chi connectivity index (χ2n) is 6.97. The average molecular weight is 447 g/mol. The van der Waals surface area contributed by atoms with Gasteiger partial charge >= 0.3 is 10.2 Å². The highest BCUT2D eigenvalue weighted by atomic mass is 32.2. The molecule has 0 aliphatic carbocycles. The topological polar surface area (TPSA) is 116 Å². The van der Waals surface area contributed by atoms with E-state index in [1.54, 1.807) is 24.3 Å². The second kappa shape index (κ2) is 8.46. The summed E-state index contributed by atoms with van der Waals surface area (Å²) >= 11 is 0. The van der Waals surface area contributed by atoms with Crippen molar-refractivity contribution in [2.75, 3.05) is 49.8 Å². The molecule has 2 aliphatic heterocycles. The summed E-state index contributed by atoms with van der Waals surface area (Å²) in [6, 6.07) is 6.66. The first kappa shape index (κ1) is 21.8. The summed E-state index contributed by atoms with van der Waals surface area (Å²) < 4.78 is 59.5. The van der Waals surface area contributed by atoms with Crippen LogP contribution in [-0.4, -0.2) is 83.0 Å². The summed E-state index contributed by atoms with van der Waals surface area (Å²) in [7, 11) is -7.34. The van der Waals surface area contributed by atoms with Crippen molar-refractivity contribution in [3.63, 3.8) is 0 Å². The van der Waals surface area contributed by atoms with E-state index in [1.165, 1.54) is 12.9 Å². The van der Waals surface area contributed by atoms with E-state index in [2.05, 4.69) is 5.32 Å². The van der Waals surface area contributed by atoms with E-state index < -0.39 is 26.3 Å². The summed E-state index contributed by atoms with van der Waals surface area (Å²) in [6.07, 6.45) is 0.889. The number of carbonyl (C=O) groups excluding carboxylic acids is 1. The van der Waals surface area contributed by atoms with Gasteiger partial charge in [0.1, 0.15) is 5.75 Å². The maximum atomic E-state index is 13.3. The number of para-hydroxylation sites is 2. The fourth-order valence-electron chi connectivity index (χ4n) is 3.29. The van der Waals surface area contributed by atoms with Crippen LogP contribution in [0.4, 0.5) is 5.69 Å². The highest BCUT2D eigenvalue weighted by molar-refractivity contribution is 7.90. The fraction of sp³-hybridized carbons (Fsp3) is 0.588.